The molecule has 2 aromatic carbocycles. The molecule has 1 atom stereocenters. The van der Waals surface area contributed by atoms with Crippen LogP contribution in [0.2, 0.25) is 0 Å². The molecule has 0 aliphatic carbocycles. The first-order valence-corrected chi connectivity index (χ1v) is 7.43. The third-order valence-corrected chi connectivity index (χ3v) is 3.87. The van der Waals surface area contributed by atoms with Gasteiger partial charge >= 0.3 is 0 Å². The summed E-state index contributed by atoms with van der Waals surface area (Å²) in [5.74, 6) is -1.15. The van der Waals surface area contributed by atoms with E-state index in [0.29, 0.717) is 5.56 Å². The number of ketones is 1. The van der Waals surface area contributed by atoms with E-state index in [1.807, 2.05) is 0 Å². The van der Waals surface area contributed by atoms with Crippen LogP contribution in [0, 0.1) is 0 Å². The summed E-state index contributed by atoms with van der Waals surface area (Å²) in [6, 6.07) is 7.12. The number of hydrogen-bond acceptors (Lipinski definition) is 7. The number of Topliss-reactive ketones (excluding diaryl/α,β-unsaturated/α-hetero) is 1. The van der Waals surface area contributed by atoms with Gasteiger partial charge < -0.3 is 29.5 Å². The van der Waals surface area contributed by atoms with Crippen molar-refractivity contribution in [3.05, 3.63) is 41.5 Å². The monoisotopic (exact) mass is 348 g/mol. The topological polar surface area (TPSA) is 105 Å². The van der Waals surface area contributed by atoms with Crippen LogP contribution >= 0.6 is 0 Å². The normalized spacial score (nSPS) is 11.7. The van der Waals surface area contributed by atoms with Crippen LogP contribution in [0.5, 0.6) is 28.7 Å². The van der Waals surface area contributed by atoms with Crippen molar-refractivity contribution in [1.29, 1.82) is 0 Å². The second-order valence-corrected chi connectivity index (χ2v) is 5.26. The van der Waals surface area contributed by atoms with Crippen LogP contribution in [0.4, 0.5) is 0 Å². The lowest BCUT2D eigenvalue weighted by Crippen LogP contribution is -2.17. The van der Waals surface area contributed by atoms with Crippen molar-refractivity contribution >= 4 is 5.78 Å². The fourth-order valence-electron chi connectivity index (χ4n) is 2.49. The smallest absolute Gasteiger partial charge is 0.200 e. The van der Waals surface area contributed by atoms with Gasteiger partial charge in [0.05, 0.1) is 33.9 Å². The second kappa shape index (κ2) is 7.76. The van der Waals surface area contributed by atoms with Crippen molar-refractivity contribution in [1.82, 2.24) is 0 Å². The predicted molar refractivity (Wildman–Crippen MR) is 90.0 cm³/mol. The average molecular weight is 348 g/mol. The molecular weight excluding hydrogens is 328 g/mol. The summed E-state index contributed by atoms with van der Waals surface area (Å²) in [5.41, 5.74) is 0.686. The molecule has 0 fully saturated rings. The minimum absolute atomic E-state index is 0.0902. The zero-order valence-electron chi connectivity index (χ0n) is 14.1. The van der Waals surface area contributed by atoms with Crippen molar-refractivity contribution < 1.29 is 34.3 Å². The number of aliphatic hydroxyl groups excluding tert-OH is 1. The Bertz CT molecular complexity index is 745. The number of carbonyl (C=O) groups is 1. The van der Waals surface area contributed by atoms with E-state index >= 15 is 0 Å². The Morgan fingerprint density at radius 2 is 1.52 bits per heavy atom. The number of ether oxygens (including phenoxy) is 3. The third-order valence-electron chi connectivity index (χ3n) is 3.87. The lowest BCUT2D eigenvalue weighted by Gasteiger charge is -2.17. The maximum Gasteiger partial charge on any atom is 0.200 e. The van der Waals surface area contributed by atoms with Gasteiger partial charge in [-0.25, -0.2) is 0 Å². The first-order valence-electron chi connectivity index (χ1n) is 7.43. The number of aromatic hydroxyl groups is 2. The van der Waals surface area contributed by atoms with E-state index in [1.54, 1.807) is 0 Å². The van der Waals surface area contributed by atoms with E-state index in [-0.39, 0.29) is 40.1 Å². The number of phenols is 2. The van der Waals surface area contributed by atoms with Gasteiger partial charge in [-0.1, -0.05) is 0 Å². The number of hydrogen-bond donors (Lipinski definition) is 3. The van der Waals surface area contributed by atoms with Crippen LogP contribution in [0.15, 0.2) is 30.3 Å². The Hall–Kier alpha value is -2.93. The zero-order chi connectivity index (χ0) is 18.6. The van der Waals surface area contributed by atoms with E-state index in [9.17, 15) is 20.1 Å². The number of aliphatic hydroxyl groups is 1. The van der Waals surface area contributed by atoms with Crippen molar-refractivity contribution in [3.8, 4) is 28.7 Å². The van der Waals surface area contributed by atoms with Gasteiger partial charge in [0.1, 0.15) is 0 Å². The summed E-state index contributed by atoms with van der Waals surface area (Å²) in [6.45, 7) is -0.459. The summed E-state index contributed by atoms with van der Waals surface area (Å²) in [6.07, 6.45) is 0. The third kappa shape index (κ3) is 3.61. The molecule has 2 aromatic rings. The number of benzene rings is 2. The van der Waals surface area contributed by atoms with Crippen LogP contribution < -0.4 is 14.2 Å². The number of carbonyl (C=O) groups excluding carboxylic acids is 1. The molecule has 0 aliphatic heterocycles. The Kier molecular flexibility index (Phi) is 5.71. The summed E-state index contributed by atoms with van der Waals surface area (Å²) in [7, 11) is 4.13. The van der Waals surface area contributed by atoms with Gasteiger partial charge in [0, 0.05) is 5.56 Å². The first kappa shape index (κ1) is 18.4. The van der Waals surface area contributed by atoms with E-state index in [1.165, 1.54) is 51.7 Å². The fraction of sp³-hybridized carbons (Fsp3) is 0.278. The molecule has 0 saturated carbocycles. The molecule has 0 spiro atoms. The van der Waals surface area contributed by atoms with Crippen molar-refractivity contribution in [2.24, 2.45) is 0 Å². The molecule has 0 saturated heterocycles. The van der Waals surface area contributed by atoms with Gasteiger partial charge in [0.2, 0.25) is 5.75 Å². The van der Waals surface area contributed by atoms with E-state index in [0.717, 1.165) is 0 Å². The molecule has 0 heterocycles. The highest BCUT2D eigenvalue weighted by Crippen LogP contribution is 2.40. The molecule has 134 valence electrons. The lowest BCUT2D eigenvalue weighted by molar-refractivity contribution is 0.0921. The van der Waals surface area contributed by atoms with Crippen molar-refractivity contribution in [2.45, 2.75) is 5.92 Å². The first-order chi connectivity index (χ1) is 12.0. The Balaban J connectivity index is 2.47. The number of rotatable bonds is 7. The highest BCUT2D eigenvalue weighted by molar-refractivity contribution is 6.01. The summed E-state index contributed by atoms with van der Waals surface area (Å²) in [5, 5.41) is 29.4. The quantitative estimate of drug-likeness (QED) is 0.658. The Morgan fingerprint density at radius 3 is 2.00 bits per heavy atom. The lowest BCUT2D eigenvalue weighted by atomic mass is 9.90. The zero-order valence-corrected chi connectivity index (χ0v) is 14.1. The molecule has 2 rings (SSSR count). The minimum atomic E-state index is -0.905. The van der Waals surface area contributed by atoms with E-state index < -0.39 is 12.5 Å². The van der Waals surface area contributed by atoms with Crippen LogP contribution in [0.1, 0.15) is 21.8 Å². The highest BCUT2D eigenvalue weighted by Gasteiger charge is 2.25. The molecule has 0 aliphatic rings. The number of methoxy groups -OCH3 is 3. The van der Waals surface area contributed by atoms with E-state index in [4.69, 9.17) is 14.2 Å². The Labute approximate surface area is 145 Å². The molecule has 0 bridgehead atoms. The van der Waals surface area contributed by atoms with Crippen LogP contribution in [0.3, 0.4) is 0 Å². The highest BCUT2D eigenvalue weighted by atomic mass is 16.5. The summed E-state index contributed by atoms with van der Waals surface area (Å²) >= 11 is 0. The molecule has 0 aromatic heterocycles. The Morgan fingerprint density at radius 1 is 0.960 bits per heavy atom. The standard InChI is InChI=1S/C18H20O7/c1-23-14-6-10(4-5-13(14)20)17(21)12(9-19)11-7-15(24-2)18(22)16(8-11)25-3/h4-8,12,19-20,22H,9H2,1-3H3/t12-/m1/s1. The maximum atomic E-state index is 12.8. The van der Waals surface area contributed by atoms with Crippen LogP contribution in [-0.2, 0) is 0 Å². The molecule has 0 radical (unpaired) electrons. The fourth-order valence-corrected chi connectivity index (χ4v) is 2.49. The largest absolute Gasteiger partial charge is 0.504 e. The molecule has 0 amide bonds. The van der Waals surface area contributed by atoms with Crippen molar-refractivity contribution in [3.63, 3.8) is 0 Å². The molecule has 25 heavy (non-hydrogen) atoms. The van der Waals surface area contributed by atoms with Gasteiger partial charge in [0.15, 0.2) is 28.8 Å². The average Bonchev–Trinajstić information content (AvgIpc) is 2.63. The van der Waals surface area contributed by atoms with Crippen LogP contribution in [0.25, 0.3) is 0 Å². The summed E-state index contributed by atoms with van der Waals surface area (Å²) < 4.78 is 15.2. The maximum absolute atomic E-state index is 12.8. The van der Waals surface area contributed by atoms with Crippen LogP contribution in [-0.4, -0.2) is 49.0 Å². The van der Waals surface area contributed by atoms with Crippen molar-refractivity contribution in [2.75, 3.05) is 27.9 Å². The minimum Gasteiger partial charge on any atom is -0.504 e. The molecule has 0 unspecified atom stereocenters. The second-order valence-electron chi connectivity index (χ2n) is 5.26. The number of phenolic OH excluding ortho intramolecular Hbond substituents is 2. The molecule has 7 nitrogen and oxygen atoms in total. The SMILES string of the molecule is COc1cc(C(=O)[C@H](CO)c2cc(OC)c(O)c(OC)c2)ccc1O. The molecule has 3 N–H and O–H groups in total. The van der Waals surface area contributed by atoms with Gasteiger partial charge in [-0.2, -0.15) is 0 Å². The molecule has 7 heteroatoms. The van der Waals surface area contributed by atoms with Gasteiger partial charge in [0.25, 0.3) is 0 Å². The summed E-state index contributed by atoms with van der Waals surface area (Å²) in [4.78, 5) is 12.8. The molecular formula is C18H20O7. The van der Waals surface area contributed by atoms with Gasteiger partial charge in [-0.05, 0) is 35.9 Å². The van der Waals surface area contributed by atoms with E-state index in [2.05, 4.69) is 0 Å². The predicted octanol–water partition coefficient (Wildman–Crippen LogP) is 2.08. The van der Waals surface area contributed by atoms with Gasteiger partial charge in [-0.3, -0.25) is 4.79 Å². The van der Waals surface area contributed by atoms with Gasteiger partial charge in [-0.15, -0.1) is 0 Å².